The van der Waals surface area contributed by atoms with E-state index >= 15 is 0 Å². The third kappa shape index (κ3) is 10.8. The van der Waals surface area contributed by atoms with E-state index in [1.54, 1.807) is 0 Å². The van der Waals surface area contributed by atoms with Gasteiger partial charge in [-0.1, -0.05) is 6.08 Å². The van der Waals surface area contributed by atoms with Crippen molar-refractivity contribution in [3.8, 4) is 0 Å². The van der Waals surface area contributed by atoms with Crippen LogP contribution in [0.2, 0.25) is 0 Å². The first-order chi connectivity index (χ1) is 5.83. The molecule has 0 aromatic rings. The van der Waals surface area contributed by atoms with Gasteiger partial charge >= 0.3 is 57.4 Å². The molecule has 0 radical (unpaired) electrons. The van der Waals surface area contributed by atoms with E-state index in [0.29, 0.717) is 6.42 Å². The van der Waals surface area contributed by atoms with Gasteiger partial charge in [-0.3, -0.25) is 4.55 Å². The fourth-order valence-corrected chi connectivity index (χ4v) is 1.20. The van der Waals surface area contributed by atoms with Crippen LogP contribution in [-0.2, 0) is 14.9 Å². The molecule has 7 heteroatoms. The Morgan fingerprint density at radius 2 is 1.93 bits per heavy atom. The standard InChI is InChI=1S/C7H12O5S.K.H/c1-6(7(8)9)4-2-3-5-13(10,11)12;;/h4H,2-3,5H2,1H3,(H,8,9)(H,10,11,12);;. The van der Waals surface area contributed by atoms with Crippen molar-refractivity contribution in [1.82, 2.24) is 0 Å². The molecule has 5 nitrogen and oxygen atoms in total. The minimum absolute atomic E-state index is 0. The van der Waals surface area contributed by atoms with Gasteiger partial charge in [0.25, 0.3) is 10.1 Å². The number of carboxylic acid groups (broad SMARTS) is 1. The van der Waals surface area contributed by atoms with Gasteiger partial charge in [0.15, 0.2) is 0 Å². The summed E-state index contributed by atoms with van der Waals surface area (Å²) in [5.41, 5.74) is 0.176. The summed E-state index contributed by atoms with van der Waals surface area (Å²) < 4.78 is 28.8. The minimum atomic E-state index is -3.92. The molecular formula is C7H13KO5S. The summed E-state index contributed by atoms with van der Waals surface area (Å²) in [4.78, 5) is 10.3. The summed E-state index contributed by atoms with van der Waals surface area (Å²) in [6, 6.07) is 0. The zero-order valence-corrected chi connectivity index (χ0v) is 8.04. The van der Waals surface area contributed by atoms with E-state index in [2.05, 4.69) is 0 Å². The van der Waals surface area contributed by atoms with Crippen LogP contribution >= 0.6 is 0 Å². The van der Waals surface area contributed by atoms with Crippen LogP contribution < -0.4 is 0 Å². The molecule has 0 aromatic carbocycles. The van der Waals surface area contributed by atoms with Crippen molar-refractivity contribution in [3.05, 3.63) is 11.6 Å². The molecule has 0 saturated carbocycles. The number of unbranched alkanes of at least 4 members (excludes halogenated alkanes) is 1. The third-order valence-electron chi connectivity index (χ3n) is 1.39. The molecule has 0 bridgehead atoms. The van der Waals surface area contributed by atoms with Gasteiger partial charge in [0.1, 0.15) is 0 Å². The Morgan fingerprint density at radius 1 is 1.43 bits per heavy atom. The first kappa shape index (κ1) is 17.2. The maximum absolute atomic E-state index is 10.3. The average Bonchev–Trinajstić information content (AvgIpc) is 1.95. The van der Waals surface area contributed by atoms with Gasteiger partial charge < -0.3 is 5.11 Å². The van der Waals surface area contributed by atoms with Gasteiger partial charge in [0.05, 0.1) is 5.75 Å². The van der Waals surface area contributed by atoms with Crippen molar-refractivity contribution in [2.45, 2.75) is 19.8 Å². The molecule has 0 aliphatic heterocycles. The summed E-state index contributed by atoms with van der Waals surface area (Å²) in [5.74, 6) is -1.36. The van der Waals surface area contributed by atoms with Crippen LogP contribution in [0.15, 0.2) is 11.6 Å². The molecule has 0 saturated heterocycles. The van der Waals surface area contributed by atoms with Gasteiger partial charge in [-0.05, 0) is 19.8 Å². The maximum atomic E-state index is 10.3. The van der Waals surface area contributed by atoms with E-state index < -0.39 is 16.1 Å². The monoisotopic (exact) mass is 248 g/mol. The number of allylic oxidation sites excluding steroid dienone is 1. The number of hydrogen-bond acceptors (Lipinski definition) is 3. The van der Waals surface area contributed by atoms with Crippen LogP contribution in [0.25, 0.3) is 0 Å². The molecule has 78 valence electrons. The summed E-state index contributed by atoms with van der Waals surface area (Å²) >= 11 is 0. The Balaban J connectivity index is 0. The zero-order chi connectivity index (χ0) is 10.5. The predicted molar refractivity (Wildman–Crippen MR) is 54.2 cm³/mol. The van der Waals surface area contributed by atoms with Crippen molar-refractivity contribution >= 4 is 67.5 Å². The van der Waals surface area contributed by atoms with Crippen LogP contribution in [0, 0.1) is 0 Å². The van der Waals surface area contributed by atoms with Crippen molar-refractivity contribution in [1.29, 1.82) is 0 Å². The molecular weight excluding hydrogens is 235 g/mol. The first-order valence-corrected chi connectivity index (χ1v) is 5.29. The summed E-state index contributed by atoms with van der Waals surface area (Å²) in [6.45, 7) is 1.43. The molecule has 0 aliphatic rings. The second-order valence-corrected chi connectivity index (χ2v) is 4.19. The van der Waals surface area contributed by atoms with Crippen molar-refractivity contribution in [2.24, 2.45) is 0 Å². The molecule has 0 fully saturated rings. The van der Waals surface area contributed by atoms with Crippen molar-refractivity contribution in [2.75, 3.05) is 5.75 Å². The number of carbonyl (C=O) groups is 1. The average molecular weight is 248 g/mol. The molecule has 14 heavy (non-hydrogen) atoms. The summed E-state index contributed by atoms with van der Waals surface area (Å²) in [5, 5.41) is 8.41. The predicted octanol–water partition coefficient (Wildman–Crippen LogP) is 0.0368. The first-order valence-electron chi connectivity index (χ1n) is 3.68. The van der Waals surface area contributed by atoms with E-state index in [-0.39, 0.29) is 69.1 Å². The zero-order valence-electron chi connectivity index (χ0n) is 7.23. The molecule has 0 amide bonds. The molecule has 0 heterocycles. The molecule has 0 rings (SSSR count). The Labute approximate surface area is 126 Å². The van der Waals surface area contributed by atoms with Gasteiger partial charge in [0.2, 0.25) is 0 Å². The van der Waals surface area contributed by atoms with Gasteiger partial charge in [-0.15, -0.1) is 0 Å². The van der Waals surface area contributed by atoms with E-state index in [4.69, 9.17) is 9.66 Å². The molecule has 0 spiro atoms. The molecule has 2 N–H and O–H groups in total. The van der Waals surface area contributed by atoms with E-state index in [1.807, 2.05) is 0 Å². The fourth-order valence-electron chi connectivity index (χ4n) is 0.672. The van der Waals surface area contributed by atoms with E-state index in [9.17, 15) is 13.2 Å². The van der Waals surface area contributed by atoms with E-state index in [0.717, 1.165) is 0 Å². The van der Waals surface area contributed by atoms with Crippen LogP contribution in [0.5, 0.6) is 0 Å². The number of carboxylic acids is 1. The quantitative estimate of drug-likeness (QED) is 0.310. The van der Waals surface area contributed by atoms with Crippen LogP contribution in [0.3, 0.4) is 0 Å². The third-order valence-corrected chi connectivity index (χ3v) is 2.20. The molecule has 0 atom stereocenters. The van der Waals surface area contributed by atoms with Gasteiger partial charge in [-0.25, -0.2) is 4.79 Å². The van der Waals surface area contributed by atoms with Crippen LogP contribution in [0.4, 0.5) is 0 Å². The second kappa shape index (κ2) is 7.97. The normalized spacial score (nSPS) is 12.0. The Kier molecular flexibility index (Phi) is 9.77. The Bertz CT molecular complexity index is 306. The van der Waals surface area contributed by atoms with E-state index in [1.165, 1.54) is 13.0 Å². The number of aliphatic carboxylic acids is 1. The van der Waals surface area contributed by atoms with Crippen molar-refractivity contribution < 1.29 is 22.9 Å². The molecule has 0 aromatic heterocycles. The fraction of sp³-hybridized carbons (Fsp3) is 0.571. The Hall–Kier alpha value is 0.756. The topological polar surface area (TPSA) is 91.7 Å². The van der Waals surface area contributed by atoms with Crippen molar-refractivity contribution in [3.63, 3.8) is 0 Å². The second-order valence-electron chi connectivity index (χ2n) is 2.62. The molecule has 0 aliphatic carbocycles. The van der Waals surface area contributed by atoms with Crippen LogP contribution in [-0.4, -0.2) is 81.2 Å². The summed E-state index contributed by atoms with van der Waals surface area (Å²) in [6.07, 6.45) is 1.98. The SMILES string of the molecule is CC(=CCCCS(=O)(=O)O)C(=O)O.[KH]. The van der Waals surface area contributed by atoms with Gasteiger partial charge in [-0.2, -0.15) is 8.42 Å². The number of hydrogen-bond donors (Lipinski definition) is 2. The number of rotatable bonds is 5. The summed E-state index contributed by atoms with van der Waals surface area (Å²) in [7, 11) is -3.92. The Morgan fingerprint density at radius 3 is 2.29 bits per heavy atom. The van der Waals surface area contributed by atoms with Crippen LogP contribution in [0.1, 0.15) is 19.8 Å². The molecule has 0 unspecified atom stereocenters. The van der Waals surface area contributed by atoms with Gasteiger partial charge in [0, 0.05) is 5.57 Å².